The molecule has 1 aromatic rings. The van der Waals surface area contributed by atoms with Crippen LogP contribution in [0.4, 0.5) is 0 Å². The monoisotopic (exact) mass is 373 g/mol. The van der Waals surface area contributed by atoms with Crippen LogP contribution >= 0.6 is 0 Å². The smallest absolute Gasteiger partial charge is 0.254 e. The van der Waals surface area contributed by atoms with E-state index < -0.39 is 6.04 Å². The molecule has 0 radical (unpaired) electrons. The van der Waals surface area contributed by atoms with Crippen molar-refractivity contribution >= 4 is 17.7 Å². The van der Waals surface area contributed by atoms with E-state index in [1.54, 1.807) is 28.0 Å². The lowest BCUT2D eigenvalue weighted by Crippen LogP contribution is -2.49. The van der Waals surface area contributed by atoms with Crippen LogP contribution in [0.3, 0.4) is 0 Å². The third-order valence-corrected chi connectivity index (χ3v) is 5.42. The Balaban J connectivity index is 1.42. The van der Waals surface area contributed by atoms with Crippen LogP contribution in [0.15, 0.2) is 18.2 Å². The molecule has 2 atom stereocenters. The summed E-state index contributed by atoms with van der Waals surface area (Å²) in [5, 5.41) is 3.01. The van der Waals surface area contributed by atoms with Crippen molar-refractivity contribution in [2.45, 2.75) is 38.3 Å². The van der Waals surface area contributed by atoms with Crippen LogP contribution in [0.5, 0.6) is 11.5 Å². The number of carbonyl (C=O) groups excluding carboxylic acids is 3. The first-order valence-corrected chi connectivity index (χ1v) is 9.29. The molecular weight excluding hydrogens is 350 g/mol. The van der Waals surface area contributed by atoms with Crippen molar-refractivity contribution < 1.29 is 23.9 Å². The average Bonchev–Trinajstić information content (AvgIpc) is 3.39. The first-order chi connectivity index (χ1) is 13.0. The van der Waals surface area contributed by atoms with E-state index in [2.05, 4.69) is 5.32 Å². The Morgan fingerprint density at radius 3 is 2.70 bits per heavy atom. The zero-order valence-corrected chi connectivity index (χ0v) is 15.3. The number of nitrogens with zero attached hydrogens (tertiary/aromatic N) is 2. The predicted octanol–water partition coefficient (Wildman–Crippen LogP) is 0.757. The predicted molar refractivity (Wildman–Crippen MR) is 95.4 cm³/mol. The van der Waals surface area contributed by atoms with Crippen molar-refractivity contribution in [3.8, 4) is 11.5 Å². The van der Waals surface area contributed by atoms with Crippen molar-refractivity contribution in [3.05, 3.63) is 23.8 Å². The van der Waals surface area contributed by atoms with E-state index in [9.17, 15) is 14.4 Å². The number of likely N-dealkylation sites (tertiary alicyclic amines) is 2. The molecule has 8 nitrogen and oxygen atoms in total. The molecule has 144 valence electrons. The molecule has 0 spiro atoms. The van der Waals surface area contributed by atoms with Crippen LogP contribution in [0.25, 0.3) is 0 Å². The van der Waals surface area contributed by atoms with Gasteiger partial charge in [-0.05, 0) is 37.5 Å². The van der Waals surface area contributed by atoms with E-state index in [1.165, 1.54) is 6.92 Å². The van der Waals surface area contributed by atoms with Crippen LogP contribution in [-0.4, -0.2) is 66.0 Å². The molecule has 3 aliphatic heterocycles. The molecule has 3 amide bonds. The fourth-order valence-electron chi connectivity index (χ4n) is 3.94. The summed E-state index contributed by atoms with van der Waals surface area (Å²) in [5.41, 5.74) is 0.488. The van der Waals surface area contributed by atoms with Gasteiger partial charge in [0, 0.05) is 38.2 Å². The number of hydrogen-bond donors (Lipinski definition) is 1. The number of nitrogens with one attached hydrogen (secondary N) is 1. The van der Waals surface area contributed by atoms with Crippen molar-refractivity contribution in [1.82, 2.24) is 15.1 Å². The van der Waals surface area contributed by atoms with Gasteiger partial charge in [0.2, 0.25) is 18.6 Å². The van der Waals surface area contributed by atoms with E-state index in [4.69, 9.17) is 9.47 Å². The number of rotatable bonds is 3. The molecule has 2 saturated heterocycles. The molecule has 4 rings (SSSR count). The first-order valence-electron chi connectivity index (χ1n) is 9.29. The maximum atomic E-state index is 12.9. The lowest BCUT2D eigenvalue weighted by molar-refractivity contribution is -0.129. The van der Waals surface area contributed by atoms with Gasteiger partial charge in [-0.1, -0.05) is 0 Å². The van der Waals surface area contributed by atoms with E-state index >= 15 is 0 Å². The highest BCUT2D eigenvalue weighted by molar-refractivity contribution is 5.98. The second-order valence-corrected chi connectivity index (χ2v) is 7.18. The summed E-state index contributed by atoms with van der Waals surface area (Å²) in [4.78, 5) is 40.5. The number of carbonyl (C=O) groups is 3. The third kappa shape index (κ3) is 3.43. The fraction of sp³-hybridized carbons (Fsp3) is 0.526. The van der Waals surface area contributed by atoms with Gasteiger partial charge in [0.15, 0.2) is 11.5 Å². The largest absolute Gasteiger partial charge is 0.454 e. The lowest BCUT2D eigenvalue weighted by Gasteiger charge is -2.25. The van der Waals surface area contributed by atoms with Gasteiger partial charge < -0.3 is 24.6 Å². The Bertz CT molecular complexity index is 781. The van der Waals surface area contributed by atoms with Gasteiger partial charge in [0.25, 0.3) is 5.91 Å². The van der Waals surface area contributed by atoms with Crippen LogP contribution < -0.4 is 14.8 Å². The minimum Gasteiger partial charge on any atom is -0.454 e. The topological polar surface area (TPSA) is 88.2 Å². The number of amides is 3. The first kappa shape index (κ1) is 17.6. The molecule has 3 heterocycles. The molecule has 8 heteroatoms. The molecule has 3 aliphatic rings. The summed E-state index contributed by atoms with van der Waals surface area (Å²) in [6.07, 6.45) is 2.18. The lowest BCUT2D eigenvalue weighted by atomic mass is 10.1. The zero-order valence-electron chi connectivity index (χ0n) is 15.3. The van der Waals surface area contributed by atoms with Gasteiger partial charge in [-0.3, -0.25) is 14.4 Å². The summed E-state index contributed by atoms with van der Waals surface area (Å²) >= 11 is 0. The molecule has 0 saturated carbocycles. The van der Waals surface area contributed by atoms with Crippen molar-refractivity contribution in [2.75, 3.05) is 26.4 Å². The van der Waals surface area contributed by atoms with E-state index in [-0.39, 0.29) is 30.6 Å². The normalized spacial score (nSPS) is 23.6. The molecule has 2 fully saturated rings. The van der Waals surface area contributed by atoms with Crippen LogP contribution in [0.2, 0.25) is 0 Å². The summed E-state index contributed by atoms with van der Waals surface area (Å²) in [7, 11) is 0. The van der Waals surface area contributed by atoms with Gasteiger partial charge in [-0.25, -0.2) is 0 Å². The second-order valence-electron chi connectivity index (χ2n) is 7.18. The second kappa shape index (κ2) is 7.09. The molecular formula is C19H23N3O5. The Kier molecular flexibility index (Phi) is 4.63. The molecule has 27 heavy (non-hydrogen) atoms. The summed E-state index contributed by atoms with van der Waals surface area (Å²) in [6, 6.07) is 4.55. The molecule has 1 aromatic carbocycles. The maximum absolute atomic E-state index is 12.9. The highest BCUT2D eigenvalue weighted by Crippen LogP contribution is 2.33. The highest BCUT2D eigenvalue weighted by Gasteiger charge is 2.36. The summed E-state index contributed by atoms with van der Waals surface area (Å²) < 4.78 is 10.6. The van der Waals surface area contributed by atoms with Gasteiger partial charge >= 0.3 is 0 Å². The van der Waals surface area contributed by atoms with Crippen molar-refractivity contribution in [3.63, 3.8) is 0 Å². The summed E-state index contributed by atoms with van der Waals surface area (Å²) in [6.45, 7) is 3.43. The minimum absolute atomic E-state index is 0.0206. The average molecular weight is 373 g/mol. The van der Waals surface area contributed by atoms with E-state index in [0.717, 1.165) is 12.8 Å². The van der Waals surface area contributed by atoms with Crippen LogP contribution in [-0.2, 0) is 9.59 Å². The Labute approximate surface area is 157 Å². The van der Waals surface area contributed by atoms with E-state index in [1.807, 2.05) is 0 Å². The number of benzene rings is 1. The Morgan fingerprint density at radius 1 is 1.11 bits per heavy atom. The number of ether oxygens (including phenoxy) is 2. The van der Waals surface area contributed by atoms with Crippen LogP contribution in [0.1, 0.15) is 36.5 Å². The molecule has 0 bridgehead atoms. The van der Waals surface area contributed by atoms with Crippen molar-refractivity contribution in [2.24, 2.45) is 0 Å². The maximum Gasteiger partial charge on any atom is 0.254 e. The molecule has 0 aliphatic carbocycles. The number of fused-ring (bicyclic) bond motifs is 1. The Morgan fingerprint density at radius 2 is 1.93 bits per heavy atom. The summed E-state index contributed by atoms with van der Waals surface area (Å²) in [5.74, 6) is 0.877. The minimum atomic E-state index is -0.477. The van der Waals surface area contributed by atoms with Gasteiger partial charge in [0.05, 0.1) is 0 Å². The standard InChI is InChI=1S/C19H23N3O5/c1-12(23)21-8-6-14(10-21)20-18(24)15-3-2-7-22(15)19(25)13-4-5-16-17(9-13)27-11-26-16/h4-5,9,14-15H,2-3,6-8,10-11H2,1H3,(H,20,24)/t14-,15?/m1/s1. The molecule has 0 aromatic heterocycles. The van der Waals surface area contributed by atoms with Crippen molar-refractivity contribution in [1.29, 1.82) is 0 Å². The van der Waals surface area contributed by atoms with Gasteiger partial charge in [-0.2, -0.15) is 0 Å². The molecule has 1 unspecified atom stereocenters. The van der Waals surface area contributed by atoms with Crippen LogP contribution in [0, 0.1) is 0 Å². The van der Waals surface area contributed by atoms with E-state index in [0.29, 0.717) is 43.1 Å². The quantitative estimate of drug-likeness (QED) is 0.845. The highest BCUT2D eigenvalue weighted by atomic mass is 16.7. The Hall–Kier alpha value is -2.77. The fourth-order valence-corrected chi connectivity index (χ4v) is 3.94. The zero-order chi connectivity index (χ0) is 19.0. The van der Waals surface area contributed by atoms with Gasteiger partial charge in [0.1, 0.15) is 6.04 Å². The number of hydrogen-bond acceptors (Lipinski definition) is 5. The SMILES string of the molecule is CC(=O)N1CC[C@@H](NC(=O)C2CCCN2C(=O)c2ccc3c(c2)OCO3)C1. The third-order valence-electron chi connectivity index (χ3n) is 5.42. The van der Waals surface area contributed by atoms with Gasteiger partial charge in [-0.15, -0.1) is 0 Å². The molecule has 1 N–H and O–H groups in total.